The molecular weight excluding hydrogens is 304 g/mol. The Morgan fingerprint density at radius 1 is 1.38 bits per heavy atom. The van der Waals surface area contributed by atoms with Crippen LogP contribution < -0.4 is 0 Å². The summed E-state index contributed by atoms with van der Waals surface area (Å²) in [5.41, 5.74) is 3.08. The van der Waals surface area contributed by atoms with Gasteiger partial charge in [0.1, 0.15) is 0 Å². The lowest BCUT2D eigenvalue weighted by Crippen LogP contribution is -2.54. The van der Waals surface area contributed by atoms with Gasteiger partial charge in [-0.2, -0.15) is 5.10 Å². The van der Waals surface area contributed by atoms with Gasteiger partial charge in [-0.05, 0) is 37.7 Å². The van der Waals surface area contributed by atoms with Crippen LogP contribution in [0.25, 0.3) is 5.65 Å². The van der Waals surface area contributed by atoms with Crippen LogP contribution in [0, 0.1) is 30.6 Å². The Labute approximate surface area is 141 Å². The number of aliphatic hydroxyl groups excluding tert-OH is 1. The van der Waals surface area contributed by atoms with Crippen LogP contribution in [0.3, 0.4) is 0 Å². The van der Waals surface area contributed by atoms with Gasteiger partial charge in [0.15, 0.2) is 11.3 Å². The van der Waals surface area contributed by atoms with Crippen LogP contribution in [-0.4, -0.2) is 50.2 Å². The molecule has 6 nitrogen and oxygen atoms in total. The maximum atomic E-state index is 12.9. The van der Waals surface area contributed by atoms with Crippen LogP contribution in [0.1, 0.15) is 42.1 Å². The van der Waals surface area contributed by atoms with Gasteiger partial charge in [0.05, 0.1) is 6.61 Å². The Morgan fingerprint density at radius 2 is 2.12 bits per heavy atom. The number of amides is 1. The fraction of sp³-hybridized carbons (Fsp3) is 0.611. The smallest absolute Gasteiger partial charge is 0.274 e. The lowest BCUT2D eigenvalue weighted by molar-refractivity contribution is -0.0977. The highest BCUT2D eigenvalue weighted by Gasteiger charge is 2.63. The maximum Gasteiger partial charge on any atom is 0.274 e. The Balaban J connectivity index is 1.64. The van der Waals surface area contributed by atoms with Gasteiger partial charge in [-0.1, -0.05) is 13.8 Å². The van der Waals surface area contributed by atoms with E-state index in [4.69, 9.17) is 0 Å². The molecule has 1 aliphatic heterocycles. The molecule has 2 fully saturated rings. The number of aromatic nitrogens is 3. The van der Waals surface area contributed by atoms with Gasteiger partial charge in [0.2, 0.25) is 0 Å². The van der Waals surface area contributed by atoms with E-state index in [0.29, 0.717) is 30.3 Å². The minimum absolute atomic E-state index is 0.0596. The molecule has 0 radical (unpaired) electrons. The van der Waals surface area contributed by atoms with E-state index in [1.165, 1.54) is 0 Å². The Bertz CT molecular complexity index is 841. The van der Waals surface area contributed by atoms with Gasteiger partial charge in [0.25, 0.3) is 5.91 Å². The maximum absolute atomic E-state index is 12.9. The molecule has 0 bridgehead atoms. The van der Waals surface area contributed by atoms with Crippen molar-refractivity contribution in [2.45, 2.75) is 34.1 Å². The van der Waals surface area contributed by atoms with E-state index in [1.807, 2.05) is 24.8 Å². The predicted octanol–water partition coefficient (Wildman–Crippen LogP) is 1.83. The number of rotatable bonds is 2. The predicted molar refractivity (Wildman–Crippen MR) is 89.8 cm³/mol. The third kappa shape index (κ3) is 2.02. The zero-order valence-corrected chi connectivity index (χ0v) is 14.7. The molecular formula is C18H24N4O2. The molecule has 2 aromatic heterocycles. The van der Waals surface area contributed by atoms with Crippen molar-refractivity contribution in [3.63, 3.8) is 0 Å². The van der Waals surface area contributed by atoms with Gasteiger partial charge in [-0.3, -0.25) is 4.79 Å². The number of aliphatic hydroxyl groups is 1. The summed E-state index contributed by atoms with van der Waals surface area (Å²) in [6, 6.07) is 3.72. The molecule has 0 unspecified atom stereocenters. The molecule has 6 heteroatoms. The number of carbonyl (C=O) groups is 1. The SMILES string of the molecule is Cc1cc(C)n2nc(C(=O)N3C[C@@H]4C(C)(C)C[C@]4(CO)C3)cc2n1. The highest BCUT2D eigenvalue weighted by atomic mass is 16.3. The molecule has 1 saturated carbocycles. The minimum atomic E-state index is -0.122. The summed E-state index contributed by atoms with van der Waals surface area (Å²) in [7, 11) is 0. The van der Waals surface area contributed by atoms with Crippen LogP contribution in [0.5, 0.6) is 0 Å². The quantitative estimate of drug-likeness (QED) is 0.913. The van der Waals surface area contributed by atoms with E-state index in [2.05, 4.69) is 23.9 Å². The van der Waals surface area contributed by atoms with Crippen LogP contribution in [0.15, 0.2) is 12.1 Å². The molecule has 0 spiro atoms. The molecule has 1 saturated heterocycles. The van der Waals surface area contributed by atoms with Crippen molar-refractivity contribution in [3.8, 4) is 0 Å². The Kier molecular flexibility index (Phi) is 3.10. The molecule has 0 aromatic carbocycles. The van der Waals surface area contributed by atoms with Crippen molar-refractivity contribution >= 4 is 11.6 Å². The van der Waals surface area contributed by atoms with Gasteiger partial charge >= 0.3 is 0 Å². The fourth-order valence-electron chi connectivity index (χ4n) is 5.05. The number of nitrogens with zero attached hydrogens (tertiary/aromatic N) is 4. The molecule has 128 valence electrons. The third-order valence-corrected chi connectivity index (χ3v) is 5.95. The summed E-state index contributed by atoms with van der Waals surface area (Å²) in [6.45, 7) is 9.81. The standard InChI is InChI=1S/C18H24N4O2/c1-11-5-12(2)22-15(19-11)6-13(20-22)16(24)21-7-14-17(3,4)8-18(14,9-21)10-23/h5-6,14,23H,7-10H2,1-4H3/t14-,18-/m1/s1. The van der Waals surface area contributed by atoms with Crippen LogP contribution >= 0.6 is 0 Å². The highest BCUT2D eigenvalue weighted by Crippen LogP contribution is 2.62. The van der Waals surface area contributed by atoms with E-state index in [-0.39, 0.29) is 23.3 Å². The molecule has 2 aliphatic rings. The third-order valence-electron chi connectivity index (χ3n) is 5.95. The van der Waals surface area contributed by atoms with Crippen molar-refractivity contribution in [3.05, 3.63) is 29.2 Å². The average molecular weight is 328 g/mol. The molecule has 1 aliphatic carbocycles. The summed E-state index contributed by atoms with van der Waals surface area (Å²) in [5.74, 6) is 0.300. The van der Waals surface area contributed by atoms with Gasteiger partial charge in [-0.15, -0.1) is 0 Å². The number of fused-ring (bicyclic) bond motifs is 2. The number of likely N-dealkylation sites (tertiary alicyclic amines) is 1. The molecule has 4 rings (SSSR count). The van der Waals surface area contributed by atoms with Gasteiger partial charge in [0, 0.05) is 36.0 Å². The summed E-state index contributed by atoms with van der Waals surface area (Å²) >= 11 is 0. The van der Waals surface area contributed by atoms with E-state index in [9.17, 15) is 9.90 Å². The number of hydrogen-bond acceptors (Lipinski definition) is 4. The molecule has 2 aromatic rings. The molecule has 3 heterocycles. The topological polar surface area (TPSA) is 70.7 Å². The number of carbonyl (C=O) groups excluding carboxylic acids is 1. The van der Waals surface area contributed by atoms with Crippen LogP contribution in [0.4, 0.5) is 0 Å². The first-order valence-electron chi connectivity index (χ1n) is 8.50. The molecule has 24 heavy (non-hydrogen) atoms. The summed E-state index contributed by atoms with van der Waals surface area (Å²) in [4.78, 5) is 19.3. The highest BCUT2D eigenvalue weighted by molar-refractivity contribution is 5.93. The largest absolute Gasteiger partial charge is 0.396 e. The van der Waals surface area contributed by atoms with Crippen molar-refractivity contribution < 1.29 is 9.90 Å². The van der Waals surface area contributed by atoms with E-state index in [0.717, 1.165) is 17.8 Å². The van der Waals surface area contributed by atoms with E-state index < -0.39 is 0 Å². The second-order valence-electron chi connectivity index (χ2n) is 8.26. The lowest BCUT2D eigenvalue weighted by atomic mass is 9.48. The van der Waals surface area contributed by atoms with Crippen LogP contribution in [0.2, 0.25) is 0 Å². The minimum Gasteiger partial charge on any atom is -0.396 e. The van der Waals surface area contributed by atoms with E-state index >= 15 is 0 Å². The second kappa shape index (κ2) is 4.79. The molecule has 1 N–H and O–H groups in total. The van der Waals surface area contributed by atoms with Gasteiger partial charge < -0.3 is 10.0 Å². The van der Waals surface area contributed by atoms with Crippen molar-refractivity contribution in [2.24, 2.45) is 16.7 Å². The monoisotopic (exact) mass is 328 g/mol. The average Bonchev–Trinajstić information content (AvgIpc) is 3.06. The fourth-order valence-corrected chi connectivity index (χ4v) is 5.05. The van der Waals surface area contributed by atoms with Crippen molar-refractivity contribution in [1.29, 1.82) is 0 Å². The number of hydrogen-bond donors (Lipinski definition) is 1. The zero-order valence-electron chi connectivity index (χ0n) is 14.7. The van der Waals surface area contributed by atoms with Crippen molar-refractivity contribution in [2.75, 3.05) is 19.7 Å². The first-order valence-corrected chi connectivity index (χ1v) is 8.50. The zero-order chi connectivity index (χ0) is 17.3. The Morgan fingerprint density at radius 3 is 2.75 bits per heavy atom. The number of aryl methyl sites for hydroxylation is 2. The second-order valence-corrected chi connectivity index (χ2v) is 8.26. The Hall–Kier alpha value is -1.95. The van der Waals surface area contributed by atoms with Crippen LogP contribution in [-0.2, 0) is 0 Å². The summed E-state index contributed by atoms with van der Waals surface area (Å²) in [5, 5.41) is 14.3. The molecule has 2 atom stereocenters. The first kappa shape index (κ1) is 15.6. The first-order chi connectivity index (χ1) is 11.3. The van der Waals surface area contributed by atoms with Crippen molar-refractivity contribution in [1.82, 2.24) is 19.5 Å². The molecule has 1 amide bonds. The van der Waals surface area contributed by atoms with E-state index in [1.54, 1.807) is 10.6 Å². The van der Waals surface area contributed by atoms with Gasteiger partial charge in [-0.25, -0.2) is 9.50 Å². The normalized spacial score (nSPS) is 28.0. The summed E-state index contributed by atoms with van der Waals surface area (Å²) < 4.78 is 1.72. The lowest BCUT2D eigenvalue weighted by Gasteiger charge is -2.55. The summed E-state index contributed by atoms with van der Waals surface area (Å²) in [6.07, 6.45) is 0.968.